The van der Waals surface area contributed by atoms with Gasteiger partial charge in [-0.3, -0.25) is 9.48 Å². The molecule has 156 valence electrons. The van der Waals surface area contributed by atoms with E-state index in [-0.39, 0.29) is 23.5 Å². The van der Waals surface area contributed by atoms with E-state index in [4.69, 9.17) is 0 Å². The van der Waals surface area contributed by atoms with E-state index >= 15 is 0 Å². The van der Waals surface area contributed by atoms with Gasteiger partial charge in [0.2, 0.25) is 0 Å². The summed E-state index contributed by atoms with van der Waals surface area (Å²) in [5, 5.41) is 7.60. The van der Waals surface area contributed by atoms with Crippen LogP contribution in [0.1, 0.15) is 29.1 Å². The highest BCUT2D eigenvalue weighted by atomic mass is 19.3. The fraction of sp³-hybridized carbons (Fsp3) is 0.238. The molecule has 3 aromatic rings. The molecule has 0 bridgehead atoms. The maximum absolute atomic E-state index is 13.2. The minimum atomic E-state index is -2.89. The average molecular weight is 416 g/mol. The molecular weight excluding hydrogens is 397 g/mol. The van der Waals surface area contributed by atoms with Gasteiger partial charge >= 0.3 is 6.61 Å². The van der Waals surface area contributed by atoms with E-state index in [1.807, 2.05) is 6.92 Å². The quantitative estimate of drug-likeness (QED) is 0.645. The van der Waals surface area contributed by atoms with E-state index < -0.39 is 6.61 Å². The van der Waals surface area contributed by atoms with Crippen molar-refractivity contribution in [3.8, 4) is 5.75 Å². The van der Waals surface area contributed by atoms with Crippen LogP contribution in [0.4, 0.5) is 24.5 Å². The Morgan fingerprint density at radius 1 is 1.20 bits per heavy atom. The average Bonchev–Trinajstić information content (AvgIpc) is 3.15. The van der Waals surface area contributed by atoms with Gasteiger partial charge in [-0.15, -0.1) is 0 Å². The number of nitrogens with one attached hydrogen (secondary N) is 1. The molecule has 4 rings (SSSR count). The van der Waals surface area contributed by atoms with Crippen molar-refractivity contribution in [1.29, 1.82) is 0 Å². The van der Waals surface area contributed by atoms with E-state index in [2.05, 4.69) is 15.2 Å². The lowest BCUT2D eigenvalue weighted by molar-refractivity contribution is -0.0498. The van der Waals surface area contributed by atoms with E-state index in [9.17, 15) is 18.0 Å². The van der Waals surface area contributed by atoms with Crippen LogP contribution in [0.3, 0.4) is 0 Å². The Morgan fingerprint density at radius 2 is 1.97 bits per heavy atom. The van der Waals surface area contributed by atoms with Gasteiger partial charge in [0.05, 0.1) is 18.3 Å². The minimum Gasteiger partial charge on any atom is -0.435 e. The lowest BCUT2D eigenvalue weighted by Gasteiger charge is -2.31. The highest BCUT2D eigenvalue weighted by Crippen LogP contribution is 2.27. The standard InChI is InChI=1S/C21H19F3N4O2/c1-13-12-27(17-7-5-14(22)6-8-17)20(29)19-10-16(26-28(13)19)11-25-15-3-2-4-18(9-15)30-21(23)24/h2-10,13,21,25H,11-12H2,1H3/t13-/m1/s1. The first-order valence-corrected chi connectivity index (χ1v) is 9.35. The summed E-state index contributed by atoms with van der Waals surface area (Å²) in [6, 6.07) is 13.6. The molecule has 0 saturated carbocycles. The zero-order valence-electron chi connectivity index (χ0n) is 16.1. The van der Waals surface area contributed by atoms with Gasteiger partial charge in [-0.05, 0) is 49.4 Å². The Morgan fingerprint density at radius 3 is 2.70 bits per heavy atom. The van der Waals surface area contributed by atoms with Crippen LogP contribution in [-0.4, -0.2) is 28.8 Å². The fourth-order valence-electron chi connectivity index (χ4n) is 3.41. The molecule has 1 aromatic heterocycles. The summed E-state index contributed by atoms with van der Waals surface area (Å²) in [6.45, 7) is -0.230. The van der Waals surface area contributed by atoms with Crippen molar-refractivity contribution in [2.45, 2.75) is 26.1 Å². The Kier molecular flexibility index (Phi) is 5.35. The summed E-state index contributed by atoms with van der Waals surface area (Å²) in [5.41, 5.74) is 2.28. The van der Waals surface area contributed by atoms with Gasteiger partial charge < -0.3 is 15.0 Å². The number of aromatic nitrogens is 2. The second kappa shape index (κ2) is 8.10. The van der Waals surface area contributed by atoms with Crippen LogP contribution >= 0.6 is 0 Å². The predicted octanol–water partition coefficient (Wildman–Crippen LogP) is 4.46. The molecule has 2 aromatic carbocycles. The monoisotopic (exact) mass is 416 g/mol. The van der Waals surface area contributed by atoms with Gasteiger partial charge in [-0.2, -0.15) is 13.9 Å². The zero-order valence-corrected chi connectivity index (χ0v) is 16.1. The number of hydrogen-bond donors (Lipinski definition) is 1. The molecule has 6 nitrogen and oxygen atoms in total. The topological polar surface area (TPSA) is 59.4 Å². The minimum absolute atomic E-state index is 0.0536. The molecule has 1 aliphatic rings. The summed E-state index contributed by atoms with van der Waals surface area (Å²) >= 11 is 0. The molecule has 0 radical (unpaired) electrons. The zero-order chi connectivity index (χ0) is 21.3. The number of halogens is 3. The largest absolute Gasteiger partial charge is 0.435 e. The van der Waals surface area contributed by atoms with Crippen LogP contribution in [-0.2, 0) is 6.54 Å². The number of fused-ring (bicyclic) bond motifs is 1. The van der Waals surface area contributed by atoms with Gasteiger partial charge in [0.1, 0.15) is 17.3 Å². The van der Waals surface area contributed by atoms with Crippen molar-refractivity contribution < 1.29 is 22.7 Å². The van der Waals surface area contributed by atoms with Crippen molar-refractivity contribution in [2.75, 3.05) is 16.8 Å². The molecular formula is C21H19F3N4O2. The van der Waals surface area contributed by atoms with Crippen molar-refractivity contribution in [3.63, 3.8) is 0 Å². The van der Waals surface area contributed by atoms with Crippen LogP contribution in [0.15, 0.2) is 54.6 Å². The fourth-order valence-corrected chi connectivity index (χ4v) is 3.41. The molecule has 9 heteroatoms. The summed E-state index contributed by atoms with van der Waals surface area (Å²) in [7, 11) is 0. The highest BCUT2D eigenvalue weighted by molar-refractivity contribution is 6.05. The molecule has 0 aliphatic carbocycles. The molecule has 30 heavy (non-hydrogen) atoms. The van der Waals surface area contributed by atoms with Crippen molar-refractivity contribution in [3.05, 3.63) is 71.8 Å². The number of nitrogens with zero attached hydrogens (tertiary/aromatic N) is 3. The molecule has 0 saturated heterocycles. The molecule has 0 fully saturated rings. The predicted molar refractivity (Wildman–Crippen MR) is 105 cm³/mol. The molecule has 1 N–H and O–H groups in total. The second-order valence-electron chi connectivity index (χ2n) is 6.97. The van der Waals surface area contributed by atoms with Gasteiger partial charge in [-0.25, -0.2) is 4.39 Å². The first kappa shape index (κ1) is 19.8. The third-order valence-electron chi connectivity index (χ3n) is 4.79. The van der Waals surface area contributed by atoms with Gasteiger partial charge in [-0.1, -0.05) is 6.07 Å². The number of rotatable bonds is 6. The van der Waals surface area contributed by atoms with Gasteiger partial charge in [0.25, 0.3) is 5.91 Å². The Hall–Kier alpha value is -3.49. The summed E-state index contributed by atoms with van der Waals surface area (Å²) < 4.78 is 44.0. The van der Waals surface area contributed by atoms with E-state index in [0.717, 1.165) is 0 Å². The highest BCUT2D eigenvalue weighted by Gasteiger charge is 2.31. The number of hydrogen-bond acceptors (Lipinski definition) is 4. The van der Waals surface area contributed by atoms with Crippen molar-refractivity contribution in [1.82, 2.24) is 9.78 Å². The van der Waals surface area contributed by atoms with Crippen LogP contribution in [0.5, 0.6) is 5.75 Å². The molecule has 0 spiro atoms. The number of anilines is 2. The summed E-state index contributed by atoms with van der Waals surface area (Å²) in [6.07, 6.45) is 0. The number of amides is 1. The van der Waals surface area contributed by atoms with Gasteiger partial charge in [0.15, 0.2) is 0 Å². The molecule has 1 amide bonds. The Labute approximate surface area is 170 Å². The van der Waals surface area contributed by atoms with Crippen molar-refractivity contribution in [2.24, 2.45) is 0 Å². The van der Waals surface area contributed by atoms with E-state index in [1.54, 1.807) is 39.9 Å². The SMILES string of the molecule is C[C@@H]1CN(c2ccc(F)cc2)C(=O)c2cc(CNc3cccc(OC(F)F)c3)nn21. The summed E-state index contributed by atoms with van der Waals surface area (Å²) in [4.78, 5) is 14.5. The summed E-state index contributed by atoms with van der Waals surface area (Å²) in [5.74, 6) is -0.527. The maximum Gasteiger partial charge on any atom is 0.387 e. The first-order chi connectivity index (χ1) is 14.4. The van der Waals surface area contributed by atoms with Crippen LogP contribution in [0.25, 0.3) is 0 Å². The Balaban J connectivity index is 1.50. The second-order valence-corrected chi connectivity index (χ2v) is 6.97. The lowest BCUT2D eigenvalue weighted by Crippen LogP contribution is -2.42. The van der Waals surface area contributed by atoms with Crippen LogP contribution in [0.2, 0.25) is 0 Å². The lowest BCUT2D eigenvalue weighted by atomic mass is 10.1. The molecule has 1 atom stereocenters. The third-order valence-corrected chi connectivity index (χ3v) is 4.79. The molecule has 0 unspecified atom stereocenters. The number of ether oxygens (including phenoxy) is 1. The molecule has 2 heterocycles. The van der Waals surface area contributed by atoms with Gasteiger partial charge in [0, 0.05) is 24.0 Å². The van der Waals surface area contributed by atoms with Crippen molar-refractivity contribution >= 4 is 17.3 Å². The number of benzene rings is 2. The normalized spacial score (nSPS) is 16.0. The molecule has 1 aliphatic heterocycles. The number of carbonyl (C=O) groups is 1. The first-order valence-electron chi connectivity index (χ1n) is 9.35. The Bertz CT molecular complexity index is 1050. The van der Waals surface area contributed by atoms with E-state index in [1.165, 1.54) is 24.3 Å². The van der Waals surface area contributed by atoms with E-state index in [0.29, 0.717) is 35.9 Å². The smallest absolute Gasteiger partial charge is 0.387 e. The number of carbonyl (C=O) groups excluding carboxylic acids is 1. The third kappa shape index (κ3) is 4.10. The van der Waals surface area contributed by atoms with Crippen LogP contribution < -0.4 is 15.0 Å². The maximum atomic E-state index is 13.2. The number of alkyl halides is 2. The van der Waals surface area contributed by atoms with Crippen LogP contribution in [0, 0.1) is 5.82 Å².